The minimum Gasteiger partial charge on any atom is -0.497 e. The molecule has 1 aromatic carbocycles. The maximum Gasteiger partial charge on any atom is 0.240 e. The van der Waals surface area contributed by atoms with E-state index in [1.165, 1.54) is 18.4 Å². The SMILES string of the molecule is CCN1CCCCC1C(=O)N1CCN(Cc2ccc(OC)cc2)CC1. The summed E-state index contributed by atoms with van der Waals surface area (Å²) in [5.74, 6) is 1.25. The standard InChI is InChI=1S/C20H31N3O2/c1-3-22-11-5-4-6-19(22)20(24)23-14-12-21(13-15-23)16-17-7-9-18(25-2)10-8-17/h7-10,19H,3-6,11-16H2,1-2H3. The smallest absolute Gasteiger partial charge is 0.240 e. The zero-order chi connectivity index (χ0) is 17.6. The van der Waals surface area contributed by atoms with Gasteiger partial charge in [-0.25, -0.2) is 0 Å². The van der Waals surface area contributed by atoms with E-state index in [1.807, 2.05) is 12.1 Å². The predicted molar refractivity (Wildman–Crippen MR) is 99.7 cm³/mol. The fourth-order valence-corrected chi connectivity index (χ4v) is 3.98. The van der Waals surface area contributed by atoms with Crippen LogP contribution in [0.4, 0.5) is 0 Å². The van der Waals surface area contributed by atoms with E-state index in [9.17, 15) is 4.79 Å². The molecule has 1 amide bonds. The Morgan fingerprint density at radius 1 is 1.08 bits per heavy atom. The molecule has 1 unspecified atom stereocenters. The van der Waals surface area contributed by atoms with E-state index >= 15 is 0 Å². The van der Waals surface area contributed by atoms with Crippen LogP contribution in [0.25, 0.3) is 0 Å². The summed E-state index contributed by atoms with van der Waals surface area (Å²) in [6.45, 7) is 8.77. The van der Waals surface area contributed by atoms with Crippen LogP contribution in [0.1, 0.15) is 31.7 Å². The molecule has 5 nitrogen and oxygen atoms in total. The first kappa shape index (κ1) is 18.2. The third-order valence-corrected chi connectivity index (χ3v) is 5.55. The number of hydrogen-bond donors (Lipinski definition) is 0. The van der Waals surface area contributed by atoms with Gasteiger partial charge in [-0.3, -0.25) is 14.6 Å². The van der Waals surface area contributed by atoms with E-state index in [0.29, 0.717) is 5.91 Å². The molecule has 3 rings (SSSR count). The summed E-state index contributed by atoms with van der Waals surface area (Å²) in [7, 11) is 1.69. The summed E-state index contributed by atoms with van der Waals surface area (Å²) in [5.41, 5.74) is 1.30. The molecule has 0 radical (unpaired) electrons. The predicted octanol–water partition coefficient (Wildman–Crippen LogP) is 2.21. The molecule has 0 spiro atoms. The van der Waals surface area contributed by atoms with Gasteiger partial charge in [-0.1, -0.05) is 25.5 Å². The second-order valence-corrected chi connectivity index (χ2v) is 7.09. The van der Waals surface area contributed by atoms with Crippen molar-refractivity contribution in [2.24, 2.45) is 0 Å². The van der Waals surface area contributed by atoms with E-state index in [0.717, 1.165) is 58.0 Å². The summed E-state index contributed by atoms with van der Waals surface area (Å²) in [4.78, 5) is 19.8. The van der Waals surface area contributed by atoms with Gasteiger partial charge in [0.25, 0.3) is 0 Å². The quantitative estimate of drug-likeness (QED) is 0.820. The molecule has 0 aliphatic carbocycles. The van der Waals surface area contributed by atoms with Gasteiger partial charge in [0.2, 0.25) is 5.91 Å². The maximum atomic E-state index is 12.9. The lowest BCUT2D eigenvalue weighted by Crippen LogP contribution is -2.55. The first-order chi connectivity index (χ1) is 12.2. The normalized spacial score (nSPS) is 22.8. The Morgan fingerprint density at radius 3 is 2.44 bits per heavy atom. The average molecular weight is 345 g/mol. The van der Waals surface area contributed by atoms with Gasteiger partial charge in [-0.05, 0) is 43.6 Å². The number of piperazine rings is 1. The van der Waals surface area contributed by atoms with Gasteiger partial charge in [0, 0.05) is 32.7 Å². The average Bonchev–Trinajstić information content (AvgIpc) is 2.68. The van der Waals surface area contributed by atoms with Crippen molar-refractivity contribution in [3.05, 3.63) is 29.8 Å². The Morgan fingerprint density at radius 2 is 1.80 bits per heavy atom. The number of amides is 1. The van der Waals surface area contributed by atoms with Gasteiger partial charge in [-0.2, -0.15) is 0 Å². The van der Waals surface area contributed by atoms with Gasteiger partial charge in [0.05, 0.1) is 13.2 Å². The molecule has 0 aromatic heterocycles. The molecule has 1 atom stereocenters. The number of carbonyl (C=O) groups is 1. The number of carbonyl (C=O) groups excluding carboxylic acids is 1. The van der Waals surface area contributed by atoms with Gasteiger partial charge >= 0.3 is 0 Å². The van der Waals surface area contributed by atoms with Crippen LogP contribution in [0, 0.1) is 0 Å². The van der Waals surface area contributed by atoms with Crippen LogP contribution < -0.4 is 4.74 Å². The van der Waals surface area contributed by atoms with Crippen LogP contribution in [0.3, 0.4) is 0 Å². The van der Waals surface area contributed by atoms with Gasteiger partial charge in [-0.15, -0.1) is 0 Å². The van der Waals surface area contributed by atoms with Crippen molar-refractivity contribution in [3.63, 3.8) is 0 Å². The Bertz CT molecular complexity index is 553. The molecular weight excluding hydrogens is 314 g/mol. The fourth-order valence-electron chi connectivity index (χ4n) is 3.98. The third-order valence-electron chi connectivity index (χ3n) is 5.55. The summed E-state index contributed by atoms with van der Waals surface area (Å²) in [5, 5.41) is 0. The highest BCUT2D eigenvalue weighted by molar-refractivity contribution is 5.82. The van der Waals surface area contributed by atoms with Crippen molar-refractivity contribution in [2.75, 3.05) is 46.4 Å². The minimum absolute atomic E-state index is 0.117. The number of rotatable bonds is 5. The second kappa shape index (κ2) is 8.68. The molecule has 25 heavy (non-hydrogen) atoms. The van der Waals surface area contributed by atoms with E-state index in [-0.39, 0.29) is 6.04 Å². The van der Waals surface area contributed by atoms with Gasteiger partial charge in [0.15, 0.2) is 0 Å². The van der Waals surface area contributed by atoms with Gasteiger partial charge in [0.1, 0.15) is 5.75 Å². The lowest BCUT2D eigenvalue weighted by Gasteiger charge is -2.40. The van der Waals surface area contributed by atoms with Crippen LogP contribution >= 0.6 is 0 Å². The lowest BCUT2D eigenvalue weighted by molar-refractivity contribution is -0.140. The molecule has 0 saturated carbocycles. The summed E-state index contributed by atoms with van der Waals surface area (Å²) in [6.07, 6.45) is 3.44. The van der Waals surface area contributed by atoms with Crippen LogP contribution in [0.2, 0.25) is 0 Å². The molecule has 2 aliphatic rings. The van der Waals surface area contributed by atoms with Crippen LogP contribution in [0.5, 0.6) is 5.75 Å². The van der Waals surface area contributed by atoms with Crippen molar-refractivity contribution in [3.8, 4) is 5.75 Å². The van der Waals surface area contributed by atoms with Crippen molar-refractivity contribution in [1.82, 2.24) is 14.7 Å². The number of nitrogens with zero attached hydrogens (tertiary/aromatic N) is 3. The lowest BCUT2D eigenvalue weighted by atomic mass is 10.0. The molecular formula is C20H31N3O2. The molecule has 2 saturated heterocycles. The molecule has 2 fully saturated rings. The summed E-state index contributed by atoms with van der Waals surface area (Å²) < 4.78 is 5.21. The molecule has 0 N–H and O–H groups in total. The largest absolute Gasteiger partial charge is 0.497 e. The van der Waals surface area contributed by atoms with Crippen molar-refractivity contribution < 1.29 is 9.53 Å². The van der Waals surface area contributed by atoms with Crippen LogP contribution in [0.15, 0.2) is 24.3 Å². The van der Waals surface area contributed by atoms with E-state index < -0.39 is 0 Å². The van der Waals surface area contributed by atoms with Crippen LogP contribution in [-0.2, 0) is 11.3 Å². The monoisotopic (exact) mass is 345 g/mol. The molecule has 138 valence electrons. The molecule has 2 heterocycles. The Labute approximate surface area is 151 Å². The number of piperidine rings is 1. The first-order valence-electron chi connectivity index (χ1n) is 9.59. The number of likely N-dealkylation sites (N-methyl/N-ethyl adjacent to an activating group) is 1. The number of methoxy groups -OCH3 is 1. The van der Waals surface area contributed by atoms with E-state index in [4.69, 9.17) is 4.74 Å². The third kappa shape index (κ3) is 4.53. The molecule has 1 aromatic rings. The molecule has 0 bridgehead atoms. The Kier molecular flexibility index (Phi) is 6.32. The number of benzene rings is 1. The summed E-state index contributed by atoms with van der Waals surface area (Å²) >= 11 is 0. The number of likely N-dealkylation sites (tertiary alicyclic amines) is 1. The van der Waals surface area contributed by atoms with Crippen molar-refractivity contribution in [2.45, 2.75) is 38.8 Å². The number of ether oxygens (including phenoxy) is 1. The highest BCUT2D eigenvalue weighted by atomic mass is 16.5. The zero-order valence-corrected chi connectivity index (χ0v) is 15.6. The second-order valence-electron chi connectivity index (χ2n) is 7.09. The minimum atomic E-state index is 0.117. The highest BCUT2D eigenvalue weighted by Crippen LogP contribution is 2.20. The van der Waals surface area contributed by atoms with Gasteiger partial charge < -0.3 is 9.64 Å². The van der Waals surface area contributed by atoms with Crippen molar-refractivity contribution in [1.29, 1.82) is 0 Å². The zero-order valence-electron chi connectivity index (χ0n) is 15.6. The maximum absolute atomic E-state index is 12.9. The van der Waals surface area contributed by atoms with Crippen LogP contribution in [-0.4, -0.2) is 73.0 Å². The fraction of sp³-hybridized carbons (Fsp3) is 0.650. The topological polar surface area (TPSA) is 36.0 Å². The van der Waals surface area contributed by atoms with E-state index in [2.05, 4.69) is 33.8 Å². The first-order valence-corrected chi connectivity index (χ1v) is 9.59. The number of hydrogen-bond acceptors (Lipinski definition) is 4. The van der Waals surface area contributed by atoms with E-state index in [1.54, 1.807) is 7.11 Å². The molecule has 2 aliphatic heterocycles. The van der Waals surface area contributed by atoms with Crippen molar-refractivity contribution >= 4 is 5.91 Å². The highest BCUT2D eigenvalue weighted by Gasteiger charge is 2.32. The summed E-state index contributed by atoms with van der Waals surface area (Å²) in [6, 6.07) is 8.39. The molecule has 5 heteroatoms. The Balaban J connectivity index is 1.49. The Hall–Kier alpha value is -1.59.